The number of benzene rings is 2. The summed E-state index contributed by atoms with van der Waals surface area (Å²) in [6, 6.07) is 16.7. The molecule has 3 aromatic rings. The Bertz CT molecular complexity index is 1120. The number of carboxylic acids is 1. The second kappa shape index (κ2) is 10.5. The summed E-state index contributed by atoms with van der Waals surface area (Å²) in [7, 11) is 0. The van der Waals surface area contributed by atoms with E-state index in [-0.39, 0.29) is 18.7 Å². The Morgan fingerprint density at radius 1 is 1.13 bits per heavy atom. The highest BCUT2D eigenvalue weighted by Gasteiger charge is 2.20. The molecule has 0 aliphatic rings. The van der Waals surface area contributed by atoms with Crippen LogP contribution < -0.4 is 5.32 Å². The summed E-state index contributed by atoms with van der Waals surface area (Å²) in [5.41, 5.74) is 3.90. The second-order valence-electron chi connectivity index (χ2n) is 7.66. The van der Waals surface area contributed by atoms with E-state index in [1.165, 1.54) is 0 Å². The number of unbranched alkanes of at least 4 members (excludes halogenated alkanes) is 1. The van der Waals surface area contributed by atoms with Crippen molar-refractivity contribution in [2.45, 2.75) is 52.1 Å². The van der Waals surface area contributed by atoms with Gasteiger partial charge in [0.1, 0.15) is 6.04 Å². The van der Waals surface area contributed by atoms with Crippen molar-refractivity contribution in [1.82, 2.24) is 9.88 Å². The zero-order valence-electron chi connectivity index (χ0n) is 18.0. The molecule has 0 unspecified atom stereocenters. The Kier molecular flexibility index (Phi) is 7.50. The zero-order valence-corrected chi connectivity index (χ0v) is 18.0. The maximum absolute atomic E-state index is 12.5. The minimum Gasteiger partial charge on any atom is -0.480 e. The van der Waals surface area contributed by atoms with Gasteiger partial charge in [-0.15, -0.1) is 0 Å². The molecule has 0 bridgehead atoms. The number of hydrogen-bond donors (Lipinski definition) is 2. The molecule has 5 nitrogen and oxygen atoms in total. The fourth-order valence-corrected chi connectivity index (χ4v) is 3.57. The first kappa shape index (κ1) is 22.2. The van der Waals surface area contributed by atoms with Crippen molar-refractivity contribution in [2.24, 2.45) is 0 Å². The largest absolute Gasteiger partial charge is 0.480 e. The Morgan fingerprint density at radius 2 is 1.87 bits per heavy atom. The Morgan fingerprint density at radius 3 is 2.58 bits per heavy atom. The number of carboxylic acid groups (broad SMARTS) is 1. The van der Waals surface area contributed by atoms with E-state index in [0.717, 1.165) is 40.6 Å². The normalized spacial score (nSPS) is 11.5. The van der Waals surface area contributed by atoms with Gasteiger partial charge in [0.15, 0.2) is 0 Å². The zero-order chi connectivity index (χ0) is 22.2. The summed E-state index contributed by atoms with van der Waals surface area (Å²) >= 11 is 0. The quantitative estimate of drug-likeness (QED) is 0.538. The Balaban J connectivity index is 1.59. The maximum atomic E-state index is 12.5. The molecule has 0 spiro atoms. The number of nitrogens with one attached hydrogen (secondary N) is 1. The number of amides is 1. The van der Waals surface area contributed by atoms with E-state index in [1.54, 1.807) is 0 Å². The van der Waals surface area contributed by atoms with Gasteiger partial charge in [-0.25, -0.2) is 4.79 Å². The molecule has 0 aliphatic heterocycles. The Labute approximate surface area is 183 Å². The van der Waals surface area contributed by atoms with Crippen molar-refractivity contribution in [2.75, 3.05) is 0 Å². The number of carbonyl (C=O) groups excluding carboxylic acids is 1. The van der Waals surface area contributed by atoms with Crippen LogP contribution in [0.3, 0.4) is 0 Å². The molecule has 1 heterocycles. The molecule has 2 aromatic carbocycles. The van der Waals surface area contributed by atoms with Gasteiger partial charge >= 0.3 is 5.97 Å². The third kappa shape index (κ3) is 5.99. The third-order valence-corrected chi connectivity index (χ3v) is 5.21. The number of hydrogen-bond acceptors (Lipinski definition) is 2. The average molecular weight is 417 g/mol. The monoisotopic (exact) mass is 416 g/mol. The highest BCUT2D eigenvalue weighted by atomic mass is 16.4. The number of fused-ring (bicyclic) bond motifs is 1. The van der Waals surface area contributed by atoms with Crippen LogP contribution in [-0.2, 0) is 22.6 Å². The van der Waals surface area contributed by atoms with Gasteiger partial charge in [0.25, 0.3) is 0 Å². The van der Waals surface area contributed by atoms with Crippen molar-refractivity contribution < 1.29 is 14.7 Å². The molecular weight excluding hydrogens is 388 g/mol. The van der Waals surface area contributed by atoms with Crippen LogP contribution in [0, 0.1) is 18.8 Å². The van der Waals surface area contributed by atoms with Gasteiger partial charge in [0.2, 0.25) is 5.91 Å². The molecule has 0 saturated carbocycles. The van der Waals surface area contributed by atoms with Crippen molar-refractivity contribution in [3.05, 3.63) is 71.4 Å². The van der Waals surface area contributed by atoms with Gasteiger partial charge in [-0.05, 0) is 48.6 Å². The van der Waals surface area contributed by atoms with Gasteiger partial charge < -0.3 is 15.0 Å². The first-order chi connectivity index (χ1) is 15.0. The van der Waals surface area contributed by atoms with Crippen LogP contribution >= 0.6 is 0 Å². The summed E-state index contributed by atoms with van der Waals surface area (Å²) in [4.78, 5) is 24.2. The molecule has 1 amide bonds. The summed E-state index contributed by atoms with van der Waals surface area (Å²) < 4.78 is 2.09. The fourth-order valence-electron chi connectivity index (χ4n) is 3.57. The van der Waals surface area contributed by atoms with E-state index in [9.17, 15) is 14.7 Å². The van der Waals surface area contributed by atoms with Gasteiger partial charge in [0.05, 0.1) is 0 Å². The van der Waals surface area contributed by atoms with Crippen LogP contribution in [0.1, 0.15) is 43.0 Å². The van der Waals surface area contributed by atoms with Crippen LogP contribution in [0.25, 0.3) is 10.9 Å². The third-order valence-electron chi connectivity index (χ3n) is 5.21. The molecule has 31 heavy (non-hydrogen) atoms. The standard InChI is InChI=1S/C26H28N2O3/c1-3-4-5-8-20-11-13-21(14-12-20)18-23(26(30)31)27-25(29)15-16-28-19(2)17-22-9-6-7-10-24(22)28/h6-7,9-14,17,23H,3-4,15-16,18H2,1-2H3,(H,27,29)(H,30,31)/t23-/m1/s1. The lowest BCUT2D eigenvalue weighted by Gasteiger charge is -2.15. The van der Waals surface area contributed by atoms with E-state index < -0.39 is 12.0 Å². The lowest BCUT2D eigenvalue weighted by molar-refractivity contribution is -0.141. The van der Waals surface area contributed by atoms with E-state index >= 15 is 0 Å². The minimum atomic E-state index is -1.04. The summed E-state index contributed by atoms with van der Waals surface area (Å²) in [6.45, 7) is 4.59. The fraction of sp³-hybridized carbons (Fsp3) is 0.308. The molecule has 3 rings (SSSR count). The molecule has 1 atom stereocenters. The van der Waals surface area contributed by atoms with Crippen LogP contribution in [-0.4, -0.2) is 27.6 Å². The Hall–Kier alpha value is -3.52. The molecule has 0 aliphatic carbocycles. The average Bonchev–Trinajstić information content (AvgIpc) is 3.08. The number of aromatic nitrogens is 1. The van der Waals surface area contributed by atoms with Gasteiger partial charge in [-0.3, -0.25) is 4.79 Å². The van der Waals surface area contributed by atoms with E-state index in [1.807, 2.05) is 55.5 Å². The van der Waals surface area contributed by atoms with Crippen molar-refractivity contribution in [3.8, 4) is 11.8 Å². The van der Waals surface area contributed by atoms with Crippen molar-refractivity contribution >= 4 is 22.8 Å². The number of aryl methyl sites for hydroxylation is 2. The molecule has 2 N–H and O–H groups in total. The van der Waals surface area contributed by atoms with Crippen LogP contribution in [0.15, 0.2) is 54.6 Å². The highest BCUT2D eigenvalue weighted by Crippen LogP contribution is 2.19. The first-order valence-corrected chi connectivity index (χ1v) is 10.6. The summed E-state index contributed by atoms with van der Waals surface area (Å²) in [5, 5.41) is 13.4. The van der Waals surface area contributed by atoms with Crippen LogP contribution in [0.5, 0.6) is 0 Å². The number of carbonyl (C=O) groups is 2. The van der Waals surface area contributed by atoms with Gasteiger partial charge in [-0.2, -0.15) is 0 Å². The second-order valence-corrected chi connectivity index (χ2v) is 7.66. The first-order valence-electron chi connectivity index (χ1n) is 10.6. The van der Waals surface area contributed by atoms with E-state index in [0.29, 0.717) is 6.54 Å². The lowest BCUT2D eigenvalue weighted by atomic mass is 10.0. The number of nitrogens with zero attached hydrogens (tertiary/aromatic N) is 1. The van der Waals surface area contributed by atoms with Crippen molar-refractivity contribution in [1.29, 1.82) is 0 Å². The molecule has 1 aromatic heterocycles. The molecule has 0 radical (unpaired) electrons. The number of aliphatic carboxylic acids is 1. The topological polar surface area (TPSA) is 71.3 Å². The summed E-state index contributed by atoms with van der Waals surface area (Å²) in [5.74, 6) is 4.87. The lowest BCUT2D eigenvalue weighted by Crippen LogP contribution is -2.42. The number of rotatable bonds is 8. The smallest absolute Gasteiger partial charge is 0.326 e. The van der Waals surface area contributed by atoms with Crippen molar-refractivity contribution in [3.63, 3.8) is 0 Å². The molecule has 0 saturated heterocycles. The highest BCUT2D eigenvalue weighted by molar-refractivity contribution is 5.84. The van der Waals surface area contributed by atoms with Gasteiger partial charge in [-0.1, -0.05) is 49.1 Å². The maximum Gasteiger partial charge on any atom is 0.326 e. The predicted octanol–water partition coefficient (Wildman–Crippen LogP) is 4.30. The van der Waals surface area contributed by atoms with Crippen LogP contribution in [0.2, 0.25) is 0 Å². The molecule has 0 fully saturated rings. The van der Waals surface area contributed by atoms with E-state index in [2.05, 4.69) is 34.7 Å². The van der Waals surface area contributed by atoms with E-state index in [4.69, 9.17) is 0 Å². The SMILES string of the molecule is CCCC#Cc1ccc(C[C@@H](NC(=O)CCn2c(C)cc3ccccc32)C(=O)O)cc1. The van der Waals surface area contributed by atoms with Crippen LogP contribution in [0.4, 0.5) is 0 Å². The molecular formula is C26H28N2O3. The molecule has 160 valence electrons. The minimum absolute atomic E-state index is 0.218. The molecule has 5 heteroatoms. The predicted molar refractivity (Wildman–Crippen MR) is 123 cm³/mol. The van der Waals surface area contributed by atoms with Gasteiger partial charge in [0, 0.05) is 42.6 Å². The number of para-hydroxylation sites is 1. The summed E-state index contributed by atoms with van der Waals surface area (Å²) in [6.07, 6.45) is 2.32.